The second kappa shape index (κ2) is 6.20. The van der Waals surface area contributed by atoms with Crippen molar-refractivity contribution in [3.63, 3.8) is 0 Å². The van der Waals surface area contributed by atoms with Crippen molar-refractivity contribution in [2.75, 3.05) is 5.73 Å². The molecule has 2 aromatic carbocycles. The zero-order valence-corrected chi connectivity index (χ0v) is 12.5. The van der Waals surface area contributed by atoms with Crippen LogP contribution in [0.1, 0.15) is 21.5 Å². The summed E-state index contributed by atoms with van der Waals surface area (Å²) in [7, 11) is 0. The minimum atomic E-state index is -1.00. The molecule has 0 heterocycles. The van der Waals surface area contributed by atoms with Gasteiger partial charge >= 0.3 is 5.97 Å². The Balaban J connectivity index is 2.17. The van der Waals surface area contributed by atoms with Crippen molar-refractivity contribution in [3.8, 4) is 0 Å². The van der Waals surface area contributed by atoms with Crippen molar-refractivity contribution in [1.29, 1.82) is 0 Å². The van der Waals surface area contributed by atoms with Gasteiger partial charge in [-0.2, -0.15) is 0 Å². The molecule has 2 rings (SSSR count). The first-order valence-electron chi connectivity index (χ1n) is 5.98. The first-order chi connectivity index (χ1) is 9.47. The Morgan fingerprint density at radius 3 is 2.55 bits per heavy atom. The van der Waals surface area contributed by atoms with E-state index in [-0.39, 0.29) is 5.56 Å². The van der Waals surface area contributed by atoms with Crippen molar-refractivity contribution in [2.45, 2.75) is 17.6 Å². The van der Waals surface area contributed by atoms with Gasteiger partial charge in [-0.15, -0.1) is 11.8 Å². The fourth-order valence-electron chi connectivity index (χ4n) is 1.77. The summed E-state index contributed by atoms with van der Waals surface area (Å²) >= 11 is 7.41. The maximum absolute atomic E-state index is 11.1. The molecule has 104 valence electrons. The SMILES string of the molecule is Cc1cc(SCc2ccc(Cl)cc2)cc(C(=O)O)c1N. The van der Waals surface area contributed by atoms with Crippen LogP contribution in [0.4, 0.5) is 5.69 Å². The largest absolute Gasteiger partial charge is 0.478 e. The molecule has 0 bridgehead atoms. The summed E-state index contributed by atoms with van der Waals surface area (Å²) in [6.07, 6.45) is 0. The number of hydrogen-bond donors (Lipinski definition) is 2. The van der Waals surface area contributed by atoms with Crippen LogP contribution in [0.15, 0.2) is 41.3 Å². The number of carbonyl (C=O) groups is 1. The van der Waals surface area contributed by atoms with Gasteiger partial charge in [0.1, 0.15) is 0 Å². The third-order valence-electron chi connectivity index (χ3n) is 2.91. The molecule has 0 aliphatic heterocycles. The molecule has 20 heavy (non-hydrogen) atoms. The van der Waals surface area contributed by atoms with Gasteiger partial charge in [0.15, 0.2) is 0 Å². The van der Waals surface area contributed by atoms with E-state index < -0.39 is 5.97 Å². The highest BCUT2D eigenvalue weighted by Gasteiger charge is 2.12. The predicted octanol–water partition coefficient (Wildman–Crippen LogP) is 4.22. The average molecular weight is 308 g/mol. The van der Waals surface area contributed by atoms with Gasteiger partial charge in [-0.25, -0.2) is 4.79 Å². The average Bonchev–Trinajstić information content (AvgIpc) is 2.41. The summed E-state index contributed by atoms with van der Waals surface area (Å²) in [5.41, 5.74) is 8.17. The third kappa shape index (κ3) is 3.46. The van der Waals surface area contributed by atoms with Gasteiger partial charge in [-0.3, -0.25) is 0 Å². The van der Waals surface area contributed by atoms with E-state index in [9.17, 15) is 4.79 Å². The number of benzene rings is 2. The summed E-state index contributed by atoms with van der Waals surface area (Å²) < 4.78 is 0. The van der Waals surface area contributed by atoms with Gasteiger partial charge in [-0.1, -0.05) is 23.7 Å². The van der Waals surface area contributed by atoms with Crippen LogP contribution in [0, 0.1) is 6.92 Å². The molecule has 0 unspecified atom stereocenters. The molecular weight excluding hydrogens is 294 g/mol. The minimum absolute atomic E-state index is 0.156. The standard InChI is InChI=1S/C15H14ClNO2S/c1-9-6-12(7-13(14(9)17)15(18)19)20-8-10-2-4-11(16)5-3-10/h2-7H,8,17H2,1H3,(H,18,19). The topological polar surface area (TPSA) is 63.3 Å². The third-order valence-corrected chi connectivity index (χ3v) is 4.21. The van der Waals surface area contributed by atoms with E-state index in [1.807, 2.05) is 37.3 Å². The number of nitrogen functional groups attached to an aromatic ring is 1. The van der Waals surface area contributed by atoms with Crippen molar-refractivity contribution in [2.24, 2.45) is 0 Å². The number of thioether (sulfide) groups is 1. The number of rotatable bonds is 4. The number of carboxylic acids is 1. The highest BCUT2D eigenvalue weighted by atomic mass is 35.5. The summed E-state index contributed by atoms with van der Waals surface area (Å²) in [6.45, 7) is 1.81. The number of hydrogen-bond acceptors (Lipinski definition) is 3. The number of anilines is 1. The minimum Gasteiger partial charge on any atom is -0.478 e. The van der Waals surface area contributed by atoms with Crippen LogP contribution >= 0.6 is 23.4 Å². The van der Waals surface area contributed by atoms with Gasteiger partial charge < -0.3 is 10.8 Å². The maximum atomic E-state index is 11.1. The molecule has 0 radical (unpaired) electrons. The van der Waals surface area contributed by atoms with Gasteiger partial charge in [0, 0.05) is 21.4 Å². The number of halogens is 1. The molecule has 0 aliphatic carbocycles. The van der Waals surface area contributed by atoms with Crippen LogP contribution in [0.2, 0.25) is 5.02 Å². The molecule has 2 aromatic rings. The van der Waals surface area contributed by atoms with Crippen LogP contribution in [-0.4, -0.2) is 11.1 Å². The van der Waals surface area contributed by atoms with E-state index in [2.05, 4.69) is 0 Å². The molecule has 0 aliphatic rings. The van der Waals surface area contributed by atoms with E-state index in [1.165, 1.54) is 0 Å². The van der Waals surface area contributed by atoms with Crippen LogP contribution in [0.5, 0.6) is 0 Å². The summed E-state index contributed by atoms with van der Waals surface area (Å²) in [6, 6.07) is 11.1. The lowest BCUT2D eigenvalue weighted by molar-refractivity contribution is 0.0697. The highest BCUT2D eigenvalue weighted by Crippen LogP contribution is 2.29. The predicted molar refractivity (Wildman–Crippen MR) is 83.6 cm³/mol. The van der Waals surface area contributed by atoms with Crippen molar-refractivity contribution in [1.82, 2.24) is 0 Å². The molecule has 0 spiro atoms. The number of aryl methyl sites for hydroxylation is 1. The first-order valence-corrected chi connectivity index (χ1v) is 7.34. The van der Waals surface area contributed by atoms with Crippen LogP contribution < -0.4 is 5.73 Å². The van der Waals surface area contributed by atoms with Gasteiger partial charge in [0.25, 0.3) is 0 Å². The molecule has 5 heteroatoms. The van der Waals surface area contributed by atoms with Crippen LogP contribution in [0.25, 0.3) is 0 Å². The lowest BCUT2D eigenvalue weighted by Crippen LogP contribution is -2.04. The first kappa shape index (κ1) is 14.8. The number of carboxylic acid groups (broad SMARTS) is 1. The highest BCUT2D eigenvalue weighted by molar-refractivity contribution is 7.98. The lowest BCUT2D eigenvalue weighted by atomic mass is 10.1. The molecule has 0 fully saturated rings. The monoisotopic (exact) mass is 307 g/mol. The summed E-state index contributed by atoms with van der Waals surface area (Å²) in [5.74, 6) is -0.251. The summed E-state index contributed by atoms with van der Waals surface area (Å²) in [5, 5.41) is 9.83. The smallest absolute Gasteiger partial charge is 0.337 e. The maximum Gasteiger partial charge on any atom is 0.337 e. The van der Waals surface area contributed by atoms with E-state index in [0.717, 1.165) is 21.8 Å². The fourth-order valence-corrected chi connectivity index (χ4v) is 2.89. The second-order valence-electron chi connectivity index (χ2n) is 4.42. The Kier molecular flexibility index (Phi) is 4.57. The van der Waals surface area contributed by atoms with Crippen molar-refractivity contribution in [3.05, 3.63) is 58.1 Å². The normalized spacial score (nSPS) is 10.5. The quantitative estimate of drug-likeness (QED) is 0.655. The van der Waals surface area contributed by atoms with E-state index in [0.29, 0.717) is 10.7 Å². The van der Waals surface area contributed by atoms with Crippen molar-refractivity contribution < 1.29 is 9.90 Å². The molecule has 0 atom stereocenters. The Morgan fingerprint density at radius 2 is 1.95 bits per heavy atom. The van der Waals surface area contributed by atoms with Crippen LogP contribution in [0.3, 0.4) is 0 Å². The van der Waals surface area contributed by atoms with Crippen LogP contribution in [-0.2, 0) is 5.75 Å². The van der Waals surface area contributed by atoms with Gasteiger partial charge in [-0.05, 0) is 42.3 Å². The molecule has 0 amide bonds. The Hall–Kier alpha value is -1.65. The Morgan fingerprint density at radius 1 is 1.30 bits per heavy atom. The Bertz CT molecular complexity index is 641. The van der Waals surface area contributed by atoms with E-state index >= 15 is 0 Å². The number of aromatic carboxylic acids is 1. The van der Waals surface area contributed by atoms with Crippen molar-refractivity contribution >= 4 is 35.0 Å². The second-order valence-corrected chi connectivity index (χ2v) is 5.91. The molecule has 0 saturated carbocycles. The Labute approximate surface area is 126 Å². The lowest BCUT2D eigenvalue weighted by Gasteiger charge is -2.09. The molecule has 0 saturated heterocycles. The van der Waals surface area contributed by atoms with Gasteiger partial charge in [0.2, 0.25) is 0 Å². The number of nitrogens with two attached hydrogens (primary N) is 1. The zero-order valence-electron chi connectivity index (χ0n) is 10.9. The van der Waals surface area contributed by atoms with E-state index in [1.54, 1.807) is 17.8 Å². The molecule has 0 aromatic heterocycles. The van der Waals surface area contributed by atoms with E-state index in [4.69, 9.17) is 22.4 Å². The molecular formula is C15H14ClNO2S. The summed E-state index contributed by atoms with van der Waals surface area (Å²) in [4.78, 5) is 12.0. The fraction of sp³-hybridized carbons (Fsp3) is 0.133. The zero-order chi connectivity index (χ0) is 14.7. The molecule has 3 nitrogen and oxygen atoms in total. The molecule has 3 N–H and O–H groups in total. The van der Waals surface area contributed by atoms with Gasteiger partial charge in [0.05, 0.1) is 5.56 Å².